The highest BCUT2D eigenvalue weighted by Crippen LogP contribution is 2.14. The van der Waals surface area contributed by atoms with Crippen LogP contribution in [0, 0.1) is 0 Å². The Labute approximate surface area is 73.6 Å². The minimum Gasteiger partial charge on any atom is -0.440 e. The van der Waals surface area contributed by atoms with E-state index in [0.717, 1.165) is 0 Å². The van der Waals surface area contributed by atoms with Crippen molar-refractivity contribution >= 4 is 6.09 Å². The molecule has 0 heterocycles. The number of carbonyl (C=O) groups is 1. The van der Waals surface area contributed by atoms with Crippen LogP contribution in [-0.2, 0) is 4.74 Å². The van der Waals surface area contributed by atoms with Crippen LogP contribution in [0.3, 0.4) is 0 Å². The minimum absolute atomic E-state index is 0.222. The molecule has 6 heteroatoms. The lowest BCUT2D eigenvalue weighted by Crippen LogP contribution is -2.29. The number of nitrogens with one attached hydrogen (secondary N) is 1. The van der Waals surface area contributed by atoms with Crippen LogP contribution in [0.5, 0.6) is 0 Å². The van der Waals surface area contributed by atoms with E-state index in [4.69, 9.17) is 0 Å². The Bertz CT molecular complexity index is 179. The van der Waals surface area contributed by atoms with E-state index in [1.165, 1.54) is 6.08 Å². The minimum atomic E-state index is -4.48. The van der Waals surface area contributed by atoms with Crippen LogP contribution in [0.2, 0.25) is 0 Å². The molecule has 0 rings (SSSR count). The van der Waals surface area contributed by atoms with Gasteiger partial charge in [0.05, 0.1) is 0 Å². The van der Waals surface area contributed by atoms with Crippen LogP contribution < -0.4 is 5.32 Å². The Hall–Kier alpha value is -1.20. The van der Waals surface area contributed by atoms with Gasteiger partial charge in [-0.3, -0.25) is 0 Å². The lowest BCUT2D eigenvalue weighted by atomic mass is 10.4. The summed E-state index contributed by atoms with van der Waals surface area (Å²) in [6, 6.07) is 0. The zero-order valence-electron chi connectivity index (χ0n) is 6.86. The molecule has 0 saturated heterocycles. The van der Waals surface area contributed by atoms with Crippen molar-refractivity contribution in [1.29, 1.82) is 0 Å². The first-order valence-electron chi connectivity index (χ1n) is 3.54. The van der Waals surface area contributed by atoms with Gasteiger partial charge >= 0.3 is 12.3 Å². The SMILES string of the molecule is C=CCCNC(=O)OCC(F)(F)F. The highest BCUT2D eigenvalue weighted by atomic mass is 19.4. The van der Waals surface area contributed by atoms with E-state index in [2.05, 4.69) is 16.6 Å². The fourth-order valence-electron chi connectivity index (χ4n) is 0.475. The molecule has 0 bridgehead atoms. The summed E-state index contributed by atoms with van der Waals surface area (Å²) in [7, 11) is 0. The van der Waals surface area contributed by atoms with Crippen molar-refractivity contribution in [2.45, 2.75) is 12.6 Å². The average molecular weight is 197 g/mol. The first-order chi connectivity index (χ1) is 5.95. The van der Waals surface area contributed by atoms with Gasteiger partial charge in [-0.25, -0.2) is 4.79 Å². The molecule has 0 saturated carbocycles. The monoisotopic (exact) mass is 197 g/mol. The van der Waals surface area contributed by atoms with Gasteiger partial charge in [0, 0.05) is 6.54 Å². The quantitative estimate of drug-likeness (QED) is 0.551. The molecule has 0 atom stereocenters. The summed E-state index contributed by atoms with van der Waals surface area (Å²) in [6.07, 6.45) is -3.53. The molecule has 1 N–H and O–H groups in total. The fraction of sp³-hybridized carbons (Fsp3) is 0.571. The summed E-state index contributed by atoms with van der Waals surface area (Å²) in [5.41, 5.74) is 0. The summed E-state index contributed by atoms with van der Waals surface area (Å²) in [4.78, 5) is 10.5. The van der Waals surface area contributed by atoms with E-state index in [1.54, 1.807) is 0 Å². The zero-order valence-corrected chi connectivity index (χ0v) is 6.86. The normalized spacial score (nSPS) is 10.7. The molecule has 76 valence electrons. The Kier molecular flexibility index (Phi) is 4.94. The molecule has 0 fully saturated rings. The first-order valence-corrected chi connectivity index (χ1v) is 3.54. The second kappa shape index (κ2) is 5.45. The molecular weight excluding hydrogens is 187 g/mol. The number of hydrogen-bond acceptors (Lipinski definition) is 2. The van der Waals surface area contributed by atoms with Gasteiger partial charge in [-0.2, -0.15) is 13.2 Å². The Morgan fingerprint density at radius 2 is 2.15 bits per heavy atom. The number of halogens is 3. The molecule has 0 spiro atoms. The Morgan fingerprint density at radius 3 is 2.62 bits per heavy atom. The molecular formula is C7H10F3NO2. The fourth-order valence-corrected chi connectivity index (χ4v) is 0.475. The molecule has 0 radical (unpaired) electrons. The van der Waals surface area contributed by atoms with E-state index in [9.17, 15) is 18.0 Å². The highest BCUT2D eigenvalue weighted by Gasteiger charge is 2.29. The average Bonchev–Trinajstić information content (AvgIpc) is 2.00. The van der Waals surface area contributed by atoms with Crippen LogP contribution in [0.15, 0.2) is 12.7 Å². The van der Waals surface area contributed by atoms with Crippen LogP contribution in [-0.4, -0.2) is 25.4 Å². The van der Waals surface area contributed by atoms with Gasteiger partial charge in [-0.15, -0.1) is 6.58 Å². The predicted octanol–water partition coefficient (Wildman–Crippen LogP) is 1.85. The van der Waals surface area contributed by atoms with Crippen molar-refractivity contribution in [2.24, 2.45) is 0 Å². The lowest BCUT2D eigenvalue weighted by Gasteiger charge is -2.07. The van der Waals surface area contributed by atoms with E-state index in [1.807, 2.05) is 0 Å². The van der Waals surface area contributed by atoms with Crippen LogP contribution in [0.1, 0.15) is 6.42 Å². The highest BCUT2D eigenvalue weighted by molar-refractivity contribution is 5.67. The molecule has 0 aromatic rings. The molecule has 1 amide bonds. The van der Waals surface area contributed by atoms with Gasteiger partial charge in [0.25, 0.3) is 0 Å². The lowest BCUT2D eigenvalue weighted by molar-refractivity contribution is -0.160. The maximum absolute atomic E-state index is 11.5. The number of hydrogen-bond donors (Lipinski definition) is 1. The van der Waals surface area contributed by atoms with Gasteiger partial charge in [0.2, 0.25) is 0 Å². The van der Waals surface area contributed by atoms with Crippen molar-refractivity contribution in [2.75, 3.05) is 13.2 Å². The Morgan fingerprint density at radius 1 is 1.54 bits per heavy atom. The maximum Gasteiger partial charge on any atom is 0.422 e. The van der Waals surface area contributed by atoms with Gasteiger partial charge in [-0.05, 0) is 6.42 Å². The predicted molar refractivity (Wildman–Crippen MR) is 40.2 cm³/mol. The summed E-state index contributed by atoms with van der Waals surface area (Å²) in [6.45, 7) is 2.03. The molecule has 0 aromatic heterocycles. The number of amides is 1. The molecule has 0 aliphatic heterocycles. The standard InChI is InChI=1S/C7H10F3NO2/c1-2-3-4-11-6(12)13-5-7(8,9)10/h2H,1,3-5H2,(H,11,12). The number of alkyl halides is 3. The van der Waals surface area contributed by atoms with Gasteiger partial charge in [0.15, 0.2) is 6.61 Å². The van der Waals surface area contributed by atoms with Gasteiger partial charge in [0.1, 0.15) is 0 Å². The summed E-state index contributed by atoms with van der Waals surface area (Å²) >= 11 is 0. The van der Waals surface area contributed by atoms with Crippen molar-refractivity contribution in [3.05, 3.63) is 12.7 Å². The van der Waals surface area contributed by atoms with E-state index >= 15 is 0 Å². The third-order valence-electron chi connectivity index (χ3n) is 0.985. The number of rotatable bonds is 4. The topological polar surface area (TPSA) is 38.3 Å². The van der Waals surface area contributed by atoms with E-state index in [-0.39, 0.29) is 6.54 Å². The number of alkyl carbamates (subject to hydrolysis) is 1. The van der Waals surface area contributed by atoms with Crippen LogP contribution in [0.25, 0.3) is 0 Å². The number of carbonyl (C=O) groups excluding carboxylic acids is 1. The summed E-state index contributed by atoms with van der Waals surface area (Å²) in [5.74, 6) is 0. The van der Waals surface area contributed by atoms with E-state index < -0.39 is 18.9 Å². The van der Waals surface area contributed by atoms with E-state index in [0.29, 0.717) is 6.42 Å². The third-order valence-corrected chi connectivity index (χ3v) is 0.985. The molecule has 0 aromatic carbocycles. The van der Waals surface area contributed by atoms with Gasteiger partial charge in [-0.1, -0.05) is 6.08 Å². The van der Waals surface area contributed by atoms with Crippen molar-refractivity contribution in [3.63, 3.8) is 0 Å². The summed E-state index contributed by atoms with van der Waals surface area (Å²) in [5, 5.41) is 2.12. The van der Waals surface area contributed by atoms with Crippen molar-refractivity contribution in [3.8, 4) is 0 Å². The smallest absolute Gasteiger partial charge is 0.422 e. The maximum atomic E-state index is 11.5. The molecule has 13 heavy (non-hydrogen) atoms. The second-order valence-corrected chi connectivity index (χ2v) is 2.20. The van der Waals surface area contributed by atoms with Gasteiger partial charge < -0.3 is 10.1 Å². The second-order valence-electron chi connectivity index (χ2n) is 2.20. The Balaban J connectivity index is 3.46. The number of ether oxygens (including phenoxy) is 1. The third kappa shape index (κ3) is 8.71. The molecule has 0 unspecified atom stereocenters. The molecule has 0 aliphatic carbocycles. The van der Waals surface area contributed by atoms with Crippen molar-refractivity contribution in [1.82, 2.24) is 5.32 Å². The first kappa shape index (κ1) is 11.8. The summed E-state index contributed by atoms with van der Waals surface area (Å²) < 4.78 is 38.3. The van der Waals surface area contributed by atoms with Crippen molar-refractivity contribution < 1.29 is 22.7 Å². The van der Waals surface area contributed by atoms with Crippen LogP contribution in [0.4, 0.5) is 18.0 Å². The zero-order chi connectivity index (χ0) is 10.3. The molecule has 3 nitrogen and oxygen atoms in total. The largest absolute Gasteiger partial charge is 0.440 e. The molecule has 0 aliphatic rings. The van der Waals surface area contributed by atoms with Crippen LogP contribution >= 0.6 is 0 Å².